The van der Waals surface area contributed by atoms with Gasteiger partial charge in [0.15, 0.2) is 0 Å². The molecule has 0 radical (unpaired) electrons. The van der Waals surface area contributed by atoms with E-state index in [9.17, 15) is 9.59 Å². The van der Waals surface area contributed by atoms with Gasteiger partial charge in [0.1, 0.15) is 0 Å². The Hall–Kier alpha value is -1.88. The summed E-state index contributed by atoms with van der Waals surface area (Å²) >= 11 is 0. The first-order valence-corrected chi connectivity index (χ1v) is 10.2. The highest BCUT2D eigenvalue weighted by molar-refractivity contribution is 5.96. The van der Waals surface area contributed by atoms with Crippen molar-refractivity contribution in [3.05, 3.63) is 24.3 Å². The minimum absolute atomic E-state index is 0.0355. The smallest absolute Gasteiger partial charge is 0.227 e. The van der Waals surface area contributed by atoms with Crippen LogP contribution in [0.1, 0.15) is 64.2 Å². The molecule has 0 bridgehead atoms. The average molecular weight is 357 g/mol. The van der Waals surface area contributed by atoms with Gasteiger partial charge < -0.3 is 15.5 Å². The second-order valence-corrected chi connectivity index (χ2v) is 7.49. The number of carbonyl (C=O) groups excluding carboxylic acids is 2. The highest BCUT2D eigenvalue weighted by atomic mass is 16.2. The molecule has 1 aliphatic heterocycles. The number of hydrogen-bond donors (Lipinski definition) is 2. The molecule has 0 aromatic heterocycles. The summed E-state index contributed by atoms with van der Waals surface area (Å²) in [5, 5.41) is 6.50. The Labute approximate surface area is 156 Å². The first-order valence-electron chi connectivity index (χ1n) is 10.2. The highest BCUT2D eigenvalue weighted by Gasteiger charge is 2.21. The molecule has 0 atom stereocenters. The van der Waals surface area contributed by atoms with Crippen molar-refractivity contribution in [3.63, 3.8) is 0 Å². The molecular formula is C21H31N3O2. The summed E-state index contributed by atoms with van der Waals surface area (Å²) in [5.41, 5.74) is 1.70. The van der Waals surface area contributed by atoms with E-state index in [1.165, 1.54) is 44.9 Å². The lowest BCUT2D eigenvalue weighted by molar-refractivity contribution is -0.117. The van der Waals surface area contributed by atoms with Crippen LogP contribution in [0.15, 0.2) is 24.3 Å². The molecule has 0 spiro atoms. The van der Waals surface area contributed by atoms with Crippen molar-refractivity contribution < 1.29 is 9.59 Å². The van der Waals surface area contributed by atoms with Crippen LogP contribution in [0.2, 0.25) is 0 Å². The summed E-state index contributed by atoms with van der Waals surface area (Å²) in [7, 11) is 0. The quantitative estimate of drug-likeness (QED) is 0.813. The van der Waals surface area contributed by atoms with Gasteiger partial charge in [0.05, 0.1) is 0 Å². The Morgan fingerprint density at radius 1 is 1.00 bits per heavy atom. The van der Waals surface area contributed by atoms with Crippen LogP contribution in [0.4, 0.5) is 11.4 Å². The molecule has 2 fully saturated rings. The van der Waals surface area contributed by atoms with E-state index in [0.29, 0.717) is 18.9 Å². The van der Waals surface area contributed by atoms with Crippen LogP contribution < -0.4 is 15.5 Å². The van der Waals surface area contributed by atoms with Gasteiger partial charge in [-0.05, 0) is 43.5 Å². The molecule has 5 heteroatoms. The van der Waals surface area contributed by atoms with Crippen molar-refractivity contribution in [3.8, 4) is 0 Å². The zero-order chi connectivity index (χ0) is 18.2. The molecule has 142 valence electrons. The molecule has 5 nitrogen and oxygen atoms in total. The van der Waals surface area contributed by atoms with Crippen molar-refractivity contribution in [2.75, 3.05) is 23.3 Å². The molecule has 2 N–H and O–H groups in total. The fourth-order valence-corrected chi connectivity index (χ4v) is 3.92. The van der Waals surface area contributed by atoms with Crippen LogP contribution in [0.3, 0.4) is 0 Å². The molecule has 2 aliphatic rings. The fraction of sp³-hybridized carbons (Fsp3) is 0.619. The van der Waals surface area contributed by atoms with Crippen LogP contribution >= 0.6 is 0 Å². The highest BCUT2D eigenvalue weighted by Crippen LogP contribution is 2.23. The van der Waals surface area contributed by atoms with Gasteiger partial charge in [-0.25, -0.2) is 0 Å². The van der Waals surface area contributed by atoms with E-state index >= 15 is 0 Å². The number of nitrogens with one attached hydrogen (secondary N) is 2. The average Bonchev–Trinajstić information content (AvgIpc) is 3.03. The van der Waals surface area contributed by atoms with Gasteiger partial charge in [0.2, 0.25) is 11.8 Å². The zero-order valence-corrected chi connectivity index (χ0v) is 15.6. The van der Waals surface area contributed by atoms with Crippen molar-refractivity contribution in [2.45, 2.75) is 70.3 Å². The van der Waals surface area contributed by atoms with Gasteiger partial charge in [0.25, 0.3) is 0 Å². The molecule has 0 unspecified atom stereocenters. The summed E-state index contributed by atoms with van der Waals surface area (Å²) in [6.07, 6.45) is 11.2. The first kappa shape index (κ1) is 18.9. The lowest BCUT2D eigenvalue weighted by Gasteiger charge is -2.21. The minimum Gasteiger partial charge on any atom is -0.326 e. The topological polar surface area (TPSA) is 61.4 Å². The molecule has 1 aromatic carbocycles. The molecule has 1 saturated carbocycles. The third-order valence-corrected chi connectivity index (χ3v) is 5.43. The number of anilines is 2. The molecule has 1 saturated heterocycles. The van der Waals surface area contributed by atoms with Gasteiger partial charge in [0, 0.05) is 43.3 Å². The Morgan fingerprint density at radius 3 is 2.35 bits per heavy atom. The Morgan fingerprint density at radius 2 is 1.69 bits per heavy atom. The van der Waals surface area contributed by atoms with E-state index in [4.69, 9.17) is 0 Å². The molecular weight excluding hydrogens is 326 g/mol. The van der Waals surface area contributed by atoms with Crippen molar-refractivity contribution >= 4 is 23.2 Å². The Balaban J connectivity index is 1.39. The lowest BCUT2D eigenvalue weighted by atomic mass is 9.97. The number of nitrogens with zero attached hydrogens (tertiary/aromatic N) is 1. The fourth-order valence-electron chi connectivity index (χ4n) is 3.92. The molecule has 2 amide bonds. The van der Waals surface area contributed by atoms with Crippen molar-refractivity contribution in [1.82, 2.24) is 5.32 Å². The Bertz CT molecular complexity index is 592. The molecule has 3 rings (SSSR count). The maximum Gasteiger partial charge on any atom is 0.227 e. The summed E-state index contributed by atoms with van der Waals surface area (Å²) in [6.45, 7) is 1.52. The van der Waals surface area contributed by atoms with Crippen LogP contribution in [0, 0.1) is 0 Å². The van der Waals surface area contributed by atoms with E-state index in [1.807, 2.05) is 29.2 Å². The van der Waals surface area contributed by atoms with Crippen LogP contribution in [-0.4, -0.2) is 30.9 Å². The molecule has 1 aliphatic carbocycles. The number of carbonyl (C=O) groups is 2. The van der Waals surface area contributed by atoms with Crippen molar-refractivity contribution in [1.29, 1.82) is 0 Å². The maximum atomic E-state index is 12.2. The molecule has 1 heterocycles. The third kappa shape index (κ3) is 5.56. The Kier molecular flexibility index (Phi) is 7.06. The van der Waals surface area contributed by atoms with E-state index in [0.717, 1.165) is 30.9 Å². The van der Waals surface area contributed by atoms with E-state index in [2.05, 4.69) is 10.6 Å². The maximum absolute atomic E-state index is 12.2. The molecule has 1 aromatic rings. The van der Waals surface area contributed by atoms with E-state index < -0.39 is 0 Å². The predicted octanol–water partition coefficient (Wildman–Crippen LogP) is 3.84. The van der Waals surface area contributed by atoms with Crippen LogP contribution in [0.5, 0.6) is 0 Å². The second kappa shape index (κ2) is 9.72. The summed E-state index contributed by atoms with van der Waals surface area (Å²) in [4.78, 5) is 25.7. The van der Waals surface area contributed by atoms with Gasteiger partial charge in [-0.3, -0.25) is 9.59 Å². The zero-order valence-electron chi connectivity index (χ0n) is 15.6. The number of benzene rings is 1. The molecule has 26 heavy (non-hydrogen) atoms. The van der Waals surface area contributed by atoms with E-state index in [-0.39, 0.29) is 11.8 Å². The van der Waals surface area contributed by atoms with Crippen molar-refractivity contribution in [2.24, 2.45) is 0 Å². The van der Waals surface area contributed by atoms with Crippen LogP contribution in [-0.2, 0) is 9.59 Å². The van der Waals surface area contributed by atoms with Gasteiger partial charge >= 0.3 is 0 Å². The summed E-state index contributed by atoms with van der Waals surface area (Å²) in [6, 6.07) is 8.14. The number of hydrogen-bond acceptors (Lipinski definition) is 3. The summed E-state index contributed by atoms with van der Waals surface area (Å²) < 4.78 is 0. The van der Waals surface area contributed by atoms with Crippen LogP contribution in [0.25, 0.3) is 0 Å². The third-order valence-electron chi connectivity index (χ3n) is 5.43. The largest absolute Gasteiger partial charge is 0.326 e. The minimum atomic E-state index is 0.0355. The normalized spacial score (nSPS) is 19.2. The van der Waals surface area contributed by atoms with Gasteiger partial charge in [-0.2, -0.15) is 0 Å². The van der Waals surface area contributed by atoms with E-state index in [1.54, 1.807) is 0 Å². The lowest BCUT2D eigenvalue weighted by Crippen LogP contribution is -2.32. The number of amides is 2. The monoisotopic (exact) mass is 357 g/mol. The summed E-state index contributed by atoms with van der Waals surface area (Å²) in [5.74, 6) is 0.218. The van der Waals surface area contributed by atoms with Gasteiger partial charge in [-0.1, -0.05) is 32.1 Å². The van der Waals surface area contributed by atoms with Gasteiger partial charge in [-0.15, -0.1) is 0 Å². The predicted molar refractivity (Wildman–Crippen MR) is 105 cm³/mol. The SMILES string of the molecule is O=C(CCNC1CCCCCCC1)Nc1ccc(N2CCCC2=O)cc1. The standard InChI is InChI=1S/C21H31N3O2/c25-20(14-15-22-17-7-4-2-1-3-5-8-17)23-18-10-12-19(13-11-18)24-16-6-9-21(24)26/h10-13,17,22H,1-9,14-16H2,(H,23,25). The first-order chi connectivity index (χ1) is 12.7. The number of rotatable bonds is 6. The second-order valence-electron chi connectivity index (χ2n) is 7.49.